The molecule has 8 nitrogen and oxygen atoms in total. The van der Waals surface area contributed by atoms with Crippen molar-refractivity contribution in [1.29, 1.82) is 0 Å². The Balaban J connectivity index is 1.56. The topological polar surface area (TPSA) is 75.3 Å². The third kappa shape index (κ3) is 5.38. The van der Waals surface area contributed by atoms with E-state index in [1.807, 2.05) is 43.0 Å². The van der Waals surface area contributed by atoms with Gasteiger partial charge in [-0.2, -0.15) is 0 Å². The summed E-state index contributed by atoms with van der Waals surface area (Å²) in [6.45, 7) is 10.4. The van der Waals surface area contributed by atoms with E-state index in [2.05, 4.69) is 34.6 Å². The highest BCUT2D eigenvalue weighted by Crippen LogP contribution is 2.38. The van der Waals surface area contributed by atoms with E-state index in [1.165, 1.54) is 22.5 Å². The van der Waals surface area contributed by atoms with Crippen molar-refractivity contribution in [3.63, 3.8) is 0 Å². The molecule has 0 fully saturated rings. The lowest BCUT2D eigenvalue weighted by atomic mass is 9.92. The zero-order chi connectivity index (χ0) is 25.7. The number of fused-ring (bicyclic) bond motifs is 1. The van der Waals surface area contributed by atoms with Crippen LogP contribution in [0.1, 0.15) is 48.3 Å². The highest BCUT2D eigenvalue weighted by Gasteiger charge is 2.31. The Morgan fingerprint density at radius 1 is 1.06 bits per heavy atom. The number of hydrogen-bond donors (Lipinski definition) is 2. The minimum atomic E-state index is 0.0354. The van der Waals surface area contributed by atoms with Gasteiger partial charge in [0, 0.05) is 43.1 Å². The van der Waals surface area contributed by atoms with Gasteiger partial charge in [-0.25, -0.2) is 0 Å². The largest absolute Gasteiger partial charge is 0.493 e. The summed E-state index contributed by atoms with van der Waals surface area (Å²) in [5, 5.41) is 6.81. The third-order valence-corrected chi connectivity index (χ3v) is 7.14. The standard InChI is InChI=1S/C28H38N4O4/c1-6-31(7-2)28(33)20-8-10-22(11-9-20)36-17-25-23-15-27(35-5)26(34-4)14-21(23)12-13-32(25)16-24-19(3)29-18-30-24/h8-11,14-15,25,29-30H,6-7,12-13,16-18H2,1-5H3. The molecule has 2 aliphatic heterocycles. The van der Waals surface area contributed by atoms with Crippen LogP contribution in [0.25, 0.3) is 0 Å². The first-order valence-electron chi connectivity index (χ1n) is 12.7. The summed E-state index contributed by atoms with van der Waals surface area (Å²) in [5.41, 5.74) is 5.51. The van der Waals surface area contributed by atoms with E-state index in [0.29, 0.717) is 25.3 Å². The maximum absolute atomic E-state index is 12.6. The number of carbonyl (C=O) groups excluding carboxylic acids is 1. The van der Waals surface area contributed by atoms with E-state index in [9.17, 15) is 4.79 Å². The molecule has 2 aliphatic rings. The SMILES string of the molecule is CCN(CC)C(=O)c1ccc(OCC2c3cc(OC)c(OC)cc3CCN2CC2=C(C)NCN2)cc1. The monoisotopic (exact) mass is 494 g/mol. The van der Waals surface area contributed by atoms with Crippen molar-refractivity contribution in [2.24, 2.45) is 0 Å². The fourth-order valence-corrected chi connectivity index (χ4v) is 4.93. The van der Waals surface area contributed by atoms with Gasteiger partial charge in [0.05, 0.1) is 26.9 Å². The number of nitrogens with zero attached hydrogens (tertiary/aromatic N) is 2. The molecule has 0 spiro atoms. The number of benzene rings is 2. The molecule has 1 unspecified atom stereocenters. The number of ether oxygens (including phenoxy) is 3. The Labute approximate surface area is 214 Å². The van der Waals surface area contributed by atoms with Crippen LogP contribution in [0.15, 0.2) is 47.8 Å². The Kier molecular flexibility index (Phi) is 8.25. The number of amides is 1. The quantitative estimate of drug-likeness (QED) is 0.523. The van der Waals surface area contributed by atoms with Gasteiger partial charge in [-0.15, -0.1) is 0 Å². The highest BCUT2D eigenvalue weighted by molar-refractivity contribution is 5.94. The molecule has 0 radical (unpaired) electrons. The first-order chi connectivity index (χ1) is 17.5. The van der Waals surface area contributed by atoms with Crippen molar-refractivity contribution in [1.82, 2.24) is 20.4 Å². The number of rotatable bonds is 10. The van der Waals surface area contributed by atoms with Gasteiger partial charge in [0.15, 0.2) is 11.5 Å². The Morgan fingerprint density at radius 2 is 1.75 bits per heavy atom. The predicted molar refractivity (Wildman–Crippen MR) is 141 cm³/mol. The molecular weight excluding hydrogens is 456 g/mol. The molecule has 36 heavy (non-hydrogen) atoms. The van der Waals surface area contributed by atoms with Gasteiger partial charge < -0.3 is 29.7 Å². The van der Waals surface area contributed by atoms with Crippen LogP contribution >= 0.6 is 0 Å². The molecule has 0 aliphatic carbocycles. The molecule has 1 amide bonds. The Morgan fingerprint density at radius 3 is 2.36 bits per heavy atom. The maximum atomic E-state index is 12.6. The van der Waals surface area contributed by atoms with Crippen LogP contribution in [-0.4, -0.2) is 69.4 Å². The van der Waals surface area contributed by atoms with Gasteiger partial charge in [-0.1, -0.05) is 0 Å². The summed E-state index contributed by atoms with van der Waals surface area (Å²) in [6, 6.07) is 11.7. The molecule has 0 saturated heterocycles. The van der Waals surface area contributed by atoms with Crippen molar-refractivity contribution >= 4 is 5.91 Å². The Bertz CT molecular complexity index is 1100. The second kappa shape index (κ2) is 11.6. The van der Waals surface area contributed by atoms with E-state index in [1.54, 1.807) is 14.2 Å². The molecular formula is C28H38N4O4. The van der Waals surface area contributed by atoms with E-state index < -0.39 is 0 Å². The zero-order valence-corrected chi connectivity index (χ0v) is 22.0. The van der Waals surface area contributed by atoms with Gasteiger partial charge >= 0.3 is 0 Å². The van der Waals surface area contributed by atoms with Gasteiger partial charge in [0.25, 0.3) is 5.91 Å². The lowest BCUT2D eigenvalue weighted by molar-refractivity contribution is 0.0773. The van der Waals surface area contributed by atoms with Crippen molar-refractivity contribution in [3.8, 4) is 17.2 Å². The second-order valence-electron chi connectivity index (χ2n) is 9.09. The number of carbonyl (C=O) groups is 1. The lowest BCUT2D eigenvalue weighted by Crippen LogP contribution is -2.41. The smallest absolute Gasteiger partial charge is 0.253 e. The van der Waals surface area contributed by atoms with Gasteiger partial charge in [-0.3, -0.25) is 9.69 Å². The normalized spacial score (nSPS) is 17.2. The number of hydrogen-bond acceptors (Lipinski definition) is 7. The Hall–Kier alpha value is -3.39. The summed E-state index contributed by atoms with van der Waals surface area (Å²) >= 11 is 0. The maximum Gasteiger partial charge on any atom is 0.253 e. The molecule has 2 N–H and O–H groups in total. The number of nitrogens with one attached hydrogen (secondary N) is 2. The lowest BCUT2D eigenvalue weighted by Gasteiger charge is -2.38. The van der Waals surface area contributed by atoms with Crippen LogP contribution in [0.5, 0.6) is 17.2 Å². The second-order valence-corrected chi connectivity index (χ2v) is 9.09. The molecule has 2 aromatic rings. The number of allylic oxidation sites excluding steroid dienone is 1. The van der Waals surface area contributed by atoms with Crippen molar-refractivity contribution < 1.29 is 19.0 Å². The summed E-state index contributed by atoms with van der Waals surface area (Å²) in [7, 11) is 3.34. The first-order valence-corrected chi connectivity index (χ1v) is 12.7. The molecule has 194 valence electrons. The number of methoxy groups -OCH3 is 2. The van der Waals surface area contributed by atoms with Gasteiger partial charge in [0.2, 0.25) is 0 Å². The molecule has 1 atom stereocenters. The summed E-state index contributed by atoms with van der Waals surface area (Å²) < 4.78 is 17.5. The van der Waals surface area contributed by atoms with E-state index in [-0.39, 0.29) is 11.9 Å². The van der Waals surface area contributed by atoms with Crippen molar-refractivity contribution in [3.05, 3.63) is 64.5 Å². The van der Waals surface area contributed by atoms with E-state index in [4.69, 9.17) is 14.2 Å². The van der Waals surface area contributed by atoms with Crippen LogP contribution in [-0.2, 0) is 6.42 Å². The molecule has 0 bridgehead atoms. The van der Waals surface area contributed by atoms with Crippen LogP contribution < -0.4 is 24.8 Å². The zero-order valence-electron chi connectivity index (χ0n) is 22.0. The van der Waals surface area contributed by atoms with Crippen LogP contribution in [0.2, 0.25) is 0 Å². The van der Waals surface area contributed by atoms with E-state index >= 15 is 0 Å². The molecule has 8 heteroatoms. The summed E-state index contributed by atoms with van der Waals surface area (Å²) in [6.07, 6.45) is 0.925. The minimum absolute atomic E-state index is 0.0354. The summed E-state index contributed by atoms with van der Waals surface area (Å²) in [4.78, 5) is 16.9. The van der Waals surface area contributed by atoms with Crippen LogP contribution in [0.3, 0.4) is 0 Å². The molecule has 0 saturated carbocycles. The van der Waals surface area contributed by atoms with Crippen molar-refractivity contribution in [2.75, 3.05) is 53.7 Å². The molecule has 2 heterocycles. The van der Waals surface area contributed by atoms with Crippen LogP contribution in [0, 0.1) is 0 Å². The fraction of sp³-hybridized carbons (Fsp3) is 0.464. The molecule has 2 aromatic carbocycles. The summed E-state index contributed by atoms with van der Waals surface area (Å²) in [5.74, 6) is 2.26. The minimum Gasteiger partial charge on any atom is -0.493 e. The van der Waals surface area contributed by atoms with Crippen molar-refractivity contribution in [2.45, 2.75) is 33.2 Å². The van der Waals surface area contributed by atoms with Gasteiger partial charge in [-0.05, 0) is 74.7 Å². The average molecular weight is 495 g/mol. The fourth-order valence-electron chi connectivity index (χ4n) is 4.93. The molecule has 4 rings (SSSR count). The highest BCUT2D eigenvalue weighted by atomic mass is 16.5. The predicted octanol–water partition coefficient (Wildman–Crippen LogP) is 3.55. The first kappa shape index (κ1) is 25.7. The van der Waals surface area contributed by atoms with Crippen LogP contribution in [0.4, 0.5) is 0 Å². The molecule has 0 aromatic heterocycles. The average Bonchev–Trinajstić information content (AvgIpc) is 3.32. The third-order valence-electron chi connectivity index (χ3n) is 7.14. The van der Waals surface area contributed by atoms with Gasteiger partial charge in [0.1, 0.15) is 12.4 Å². The van der Waals surface area contributed by atoms with E-state index in [0.717, 1.165) is 43.4 Å².